The van der Waals surface area contributed by atoms with Crippen LogP contribution in [0.15, 0.2) is 17.0 Å². The van der Waals surface area contributed by atoms with Gasteiger partial charge in [-0.3, -0.25) is 0 Å². The van der Waals surface area contributed by atoms with Crippen LogP contribution in [0.3, 0.4) is 0 Å². The summed E-state index contributed by atoms with van der Waals surface area (Å²) < 4.78 is 12.7. The summed E-state index contributed by atoms with van der Waals surface area (Å²) in [5.41, 5.74) is 10.7. The molecule has 0 radical (unpaired) electrons. The molecule has 0 bridgehead atoms. The molecule has 0 fully saturated rings. The molecule has 0 saturated carbocycles. The lowest BCUT2D eigenvalue weighted by Gasteiger charge is -2.01. The van der Waals surface area contributed by atoms with Crippen LogP contribution >= 0.6 is 12.6 Å². The minimum Gasteiger partial charge on any atom is -0.397 e. The van der Waals surface area contributed by atoms with Gasteiger partial charge in [-0.25, -0.2) is 4.39 Å². The fourth-order valence-corrected chi connectivity index (χ4v) is 0.791. The monoisotopic (exact) mass is 158 g/mol. The van der Waals surface area contributed by atoms with Crippen molar-refractivity contribution in [1.29, 1.82) is 0 Å². The Kier molecular flexibility index (Phi) is 1.72. The summed E-state index contributed by atoms with van der Waals surface area (Å²) in [6, 6.07) is 2.98. The zero-order chi connectivity index (χ0) is 7.72. The SMILES string of the molecule is Nc1ccc(S)c(F)c1N. The van der Waals surface area contributed by atoms with Crippen molar-refractivity contribution < 1.29 is 4.39 Å². The van der Waals surface area contributed by atoms with Crippen molar-refractivity contribution in [3.05, 3.63) is 17.9 Å². The van der Waals surface area contributed by atoms with Gasteiger partial charge in [0.1, 0.15) is 0 Å². The molecule has 0 aliphatic carbocycles. The summed E-state index contributed by atoms with van der Waals surface area (Å²) in [6.07, 6.45) is 0. The van der Waals surface area contributed by atoms with Gasteiger partial charge in [-0.2, -0.15) is 0 Å². The number of hydrogen-bond acceptors (Lipinski definition) is 3. The van der Waals surface area contributed by atoms with Gasteiger partial charge in [0.15, 0.2) is 5.82 Å². The van der Waals surface area contributed by atoms with Crippen LogP contribution in [0.2, 0.25) is 0 Å². The molecule has 0 atom stereocenters. The lowest BCUT2D eigenvalue weighted by molar-refractivity contribution is 0.608. The van der Waals surface area contributed by atoms with E-state index in [0.29, 0.717) is 0 Å². The Bertz CT molecular complexity index is 235. The second kappa shape index (κ2) is 2.38. The summed E-state index contributed by atoms with van der Waals surface area (Å²) in [5.74, 6) is -0.552. The summed E-state index contributed by atoms with van der Waals surface area (Å²) in [7, 11) is 0. The van der Waals surface area contributed by atoms with E-state index in [4.69, 9.17) is 11.5 Å². The maximum Gasteiger partial charge on any atom is 0.161 e. The van der Waals surface area contributed by atoms with Gasteiger partial charge in [-0.15, -0.1) is 12.6 Å². The first-order chi connectivity index (χ1) is 4.63. The van der Waals surface area contributed by atoms with Crippen LogP contribution in [-0.2, 0) is 0 Å². The van der Waals surface area contributed by atoms with E-state index in [9.17, 15) is 4.39 Å². The topological polar surface area (TPSA) is 52.0 Å². The number of thiol groups is 1. The highest BCUT2D eigenvalue weighted by atomic mass is 32.1. The normalized spacial score (nSPS) is 9.80. The molecule has 1 aromatic rings. The Hall–Kier alpha value is -0.900. The largest absolute Gasteiger partial charge is 0.397 e. The fourth-order valence-electron chi connectivity index (χ4n) is 0.596. The van der Waals surface area contributed by atoms with Gasteiger partial charge in [0.05, 0.1) is 11.4 Å². The molecule has 0 aliphatic rings. The van der Waals surface area contributed by atoms with E-state index in [1.54, 1.807) is 0 Å². The number of halogens is 1. The highest BCUT2D eigenvalue weighted by molar-refractivity contribution is 7.80. The summed E-state index contributed by atoms with van der Waals surface area (Å²) >= 11 is 3.80. The van der Waals surface area contributed by atoms with Crippen molar-refractivity contribution in [2.45, 2.75) is 4.90 Å². The fraction of sp³-hybridized carbons (Fsp3) is 0. The van der Waals surface area contributed by atoms with Crippen LogP contribution in [0.4, 0.5) is 15.8 Å². The van der Waals surface area contributed by atoms with E-state index in [-0.39, 0.29) is 16.3 Å². The smallest absolute Gasteiger partial charge is 0.161 e. The Morgan fingerprint density at radius 2 is 1.90 bits per heavy atom. The van der Waals surface area contributed by atoms with E-state index in [0.717, 1.165) is 0 Å². The molecule has 10 heavy (non-hydrogen) atoms. The van der Waals surface area contributed by atoms with Gasteiger partial charge in [0.25, 0.3) is 0 Å². The third kappa shape index (κ3) is 1.02. The van der Waals surface area contributed by atoms with Gasteiger partial charge in [-0.1, -0.05) is 0 Å². The number of hydrogen-bond donors (Lipinski definition) is 3. The van der Waals surface area contributed by atoms with Crippen molar-refractivity contribution >= 4 is 24.0 Å². The third-order valence-corrected chi connectivity index (χ3v) is 1.54. The van der Waals surface area contributed by atoms with Crippen LogP contribution < -0.4 is 11.5 Å². The van der Waals surface area contributed by atoms with Crippen LogP contribution in [0.25, 0.3) is 0 Å². The molecule has 4 heteroatoms. The maximum absolute atomic E-state index is 12.7. The maximum atomic E-state index is 12.7. The van der Waals surface area contributed by atoms with Gasteiger partial charge in [0.2, 0.25) is 0 Å². The second-order valence-electron chi connectivity index (χ2n) is 1.90. The minimum atomic E-state index is -0.552. The van der Waals surface area contributed by atoms with E-state index >= 15 is 0 Å². The molecule has 0 spiro atoms. The minimum absolute atomic E-state index is 0.0347. The molecule has 2 nitrogen and oxygen atoms in total. The second-order valence-corrected chi connectivity index (χ2v) is 2.38. The van der Waals surface area contributed by atoms with Crippen LogP contribution in [0, 0.1) is 5.82 Å². The molecule has 1 aromatic carbocycles. The van der Waals surface area contributed by atoms with Crippen molar-refractivity contribution in [3.63, 3.8) is 0 Å². The van der Waals surface area contributed by atoms with Crippen LogP contribution in [0.1, 0.15) is 0 Å². The molecule has 1 rings (SSSR count). The average Bonchev–Trinajstić information content (AvgIpc) is 1.93. The Morgan fingerprint density at radius 3 is 2.40 bits per heavy atom. The third-order valence-electron chi connectivity index (χ3n) is 1.19. The van der Waals surface area contributed by atoms with E-state index in [1.165, 1.54) is 12.1 Å². The zero-order valence-corrected chi connectivity index (χ0v) is 6.03. The zero-order valence-electron chi connectivity index (χ0n) is 5.13. The molecule has 0 unspecified atom stereocenters. The molecule has 0 aromatic heterocycles. The molecule has 0 aliphatic heterocycles. The standard InChI is InChI=1S/C6H7FN2S/c7-5-4(10)2-1-3(8)6(5)9/h1-2,10H,8-9H2. The molecular formula is C6H7FN2S. The van der Waals surface area contributed by atoms with E-state index < -0.39 is 5.82 Å². The average molecular weight is 158 g/mol. The molecule has 54 valence electrons. The Labute approximate surface area is 63.4 Å². The number of benzene rings is 1. The summed E-state index contributed by atoms with van der Waals surface area (Å²) in [4.78, 5) is 0.215. The molecule has 0 heterocycles. The predicted molar refractivity (Wildman–Crippen MR) is 42.5 cm³/mol. The number of anilines is 2. The molecule has 0 amide bonds. The van der Waals surface area contributed by atoms with Gasteiger partial charge in [-0.05, 0) is 12.1 Å². The lowest BCUT2D eigenvalue weighted by atomic mass is 10.2. The van der Waals surface area contributed by atoms with E-state index in [2.05, 4.69) is 12.6 Å². The molecule has 4 N–H and O–H groups in total. The van der Waals surface area contributed by atoms with Crippen LogP contribution in [0.5, 0.6) is 0 Å². The first-order valence-electron chi connectivity index (χ1n) is 2.65. The Morgan fingerprint density at radius 1 is 1.30 bits per heavy atom. The summed E-state index contributed by atoms with van der Waals surface area (Å²) in [6.45, 7) is 0. The highest BCUT2D eigenvalue weighted by Crippen LogP contribution is 2.23. The molecule has 0 saturated heterocycles. The number of rotatable bonds is 0. The summed E-state index contributed by atoms with van der Waals surface area (Å²) in [5, 5.41) is 0. The van der Waals surface area contributed by atoms with Gasteiger partial charge >= 0.3 is 0 Å². The first kappa shape index (κ1) is 7.21. The van der Waals surface area contributed by atoms with Crippen LogP contribution in [-0.4, -0.2) is 0 Å². The molecular weight excluding hydrogens is 151 g/mol. The highest BCUT2D eigenvalue weighted by Gasteiger charge is 2.04. The lowest BCUT2D eigenvalue weighted by Crippen LogP contribution is -1.97. The van der Waals surface area contributed by atoms with E-state index in [1.807, 2.05) is 0 Å². The van der Waals surface area contributed by atoms with Crippen molar-refractivity contribution in [2.75, 3.05) is 11.5 Å². The number of nitrogens with two attached hydrogens (primary N) is 2. The van der Waals surface area contributed by atoms with Crippen molar-refractivity contribution in [2.24, 2.45) is 0 Å². The quantitative estimate of drug-likeness (QED) is 0.393. The number of nitrogen functional groups attached to an aromatic ring is 2. The van der Waals surface area contributed by atoms with Crippen molar-refractivity contribution in [1.82, 2.24) is 0 Å². The van der Waals surface area contributed by atoms with Crippen molar-refractivity contribution in [3.8, 4) is 0 Å². The Balaban J connectivity index is 3.34. The van der Waals surface area contributed by atoms with Gasteiger partial charge in [0, 0.05) is 4.90 Å². The first-order valence-corrected chi connectivity index (χ1v) is 3.10. The predicted octanol–water partition coefficient (Wildman–Crippen LogP) is 1.28. The van der Waals surface area contributed by atoms with Gasteiger partial charge < -0.3 is 11.5 Å².